The Kier molecular flexibility index (Phi) is 4.34. The Hall–Kier alpha value is -2.68. The fourth-order valence-electron chi connectivity index (χ4n) is 3.99. The van der Waals surface area contributed by atoms with E-state index < -0.39 is 5.72 Å². The monoisotopic (exact) mass is 349 g/mol. The number of amides is 2. The Morgan fingerprint density at radius 3 is 2.80 bits per heavy atom. The molecule has 1 aromatic heterocycles. The van der Waals surface area contributed by atoms with Crippen LogP contribution in [0.2, 0.25) is 0 Å². The third-order valence-corrected chi connectivity index (χ3v) is 4.87. The fourth-order valence-corrected chi connectivity index (χ4v) is 3.99. The molecule has 0 aromatic carbocycles. The van der Waals surface area contributed by atoms with Crippen molar-refractivity contribution in [3.8, 4) is 0 Å². The zero-order valence-corrected chi connectivity index (χ0v) is 13.7. The van der Waals surface area contributed by atoms with E-state index in [4.69, 9.17) is 14.6 Å². The average Bonchev–Trinajstić information content (AvgIpc) is 3.18. The number of ether oxygens (including phenoxy) is 1. The molecule has 2 N–H and O–H groups in total. The van der Waals surface area contributed by atoms with E-state index in [0.717, 1.165) is 0 Å². The molecule has 0 bridgehead atoms. The standard InChI is InChI=1S/C15H17N3O4.CH2O2/c1-9-6-10(19)7-11(16-9)14(21)17-3-2-15-12(17)8-13(20)18(15)4-5-22-15;2-1-3/h6-7,12H,2-5,8H2,1H3,(H,16,19);1H,(H,2,3)/t12-,15+;/m1./s1. The number of aromatic nitrogens is 1. The SMILES string of the molecule is Cc1cc(=O)cc(C(=O)N2CC[C@@]34OCCN3C(=O)C[C@@H]24)[nH]1.O=CO. The third-order valence-electron chi connectivity index (χ3n) is 4.87. The lowest BCUT2D eigenvalue weighted by Crippen LogP contribution is -2.49. The predicted octanol–water partition coefficient (Wildman–Crippen LogP) is -0.443. The summed E-state index contributed by atoms with van der Waals surface area (Å²) in [6, 6.07) is 2.49. The van der Waals surface area contributed by atoms with Gasteiger partial charge in [0.25, 0.3) is 12.4 Å². The van der Waals surface area contributed by atoms with E-state index in [2.05, 4.69) is 4.98 Å². The lowest BCUT2D eigenvalue weighted by Gasteiger charge is -2.31. The van der Waals surface area contributed by atoms with Crippen molar-refractivity contribution in [1.29, 1.82) is 0 Å². The van der Waals surface area contributed by atoms with Crippen LogP contribution < -0.4 is 5.43 Å². The highest BCUT2D eigenvalue weighted by Crippen LogP contribution is 2.45. The zero-order valence-electron chi connectivity index (χ0n) is 13.7. The van der Waals surface area contributed by atoms with Crippen molar-refractivity contribution in [3.05, 3.63) is 33.7 Å². The average molecular weight is 349 g/mol. The van der Waals surface area contributed by atoms with Gasteiger partial charge in [-0.25, -0.2) is 0 Å². The number of carbonyl (C=O) groups is 3. The summed E-state index contributed by atoms with van der Waals surface area (Å²) in [6.45, 7) is 3.14. The molecule has 0 aliphatic carbocycles. The molecular weight excluding hydrogens is 330 g/mol. The molecule has 2 atom stereocenters. The normalized spacial score (nSPS) is 26.8. The number of rotatable bonds is 1. The molecule has 3 aliphatic heterocycles. The van der Waals surface area contributed by atoms with Crippen LogP contribution in [0, 0.1) is 6.92 Å². The minimum Gasteiger partial charge on any atom is -0.483 e. The van der Waals surface area contributed by atoms with Crippen LogP contribution in [0.25, 0.3) is 0 Å². The van der Waals surface area contributed by atoms with Crippen molar-refractivity contribution in [2.45, 2.75) is 31.5 Å². The molecule has 1 spiro atoms. The molecule has 4 heterocycles. The molecule has 1 aromatic rings. The minimum absolute atomic E-state index is 0.0396. The van der Waals surface area contributed by atoms with Crippen LogP contribution in [0.3, 0.4) is 0 Å². The molecule has 3 fully saturated rings. The first kappa shape index (κ1) is 17.2. The lowest BCUT2D eigenvalue weighted by atomic mass is 10.1. The van der Waals surface area contributed by atoms with Crippen molar-refractivity contribution >= 4 is 18.3 Å². The number of nitrogens with zero attached hydrogens (tertiary/aromatic N) is 2. The summed E-state index contributed by atoms with van der Waals surface area (Å²) in [7, 11) is 0. The van der Waals surface area contributed by atoms with Crippen LogP contribution in [0.15, 0.2) is 16.9 Å². The summed E-state index contributed by atoms with van der Waals surface area (Å²) in [5, 5.41) is 6.89. The molecule has 25 heavy (non-hydrogen) atoms. The molecule has 9 heteroatoms. The lowest BCUT2D eigenvalue weighted by molar-refractivity contribution is -0.136. The Balaban J connectivity index is 0.000000569. The number of hydrogen-bond acceptors (Lipinski definition) is 5. The van der Waals surface area contributed by atoms with Crippen LogP contribution >= 0.6 is 0 Å². The highest BCUT2D eigenvalue weighted by atomic mass is 16.5. The van der Waals surface area contributed by atoms with E-state index in [1.165, 1.54) is 12.1 Å². The number of carboxylic acid groups (broad SMARTS) is 1. The van der Waals surface area contributed by atoms with Gasteiger partial charge in [0.05, 0.1) is 19.1 Å². The number of H-pyrrole nitrogens is 1. The van der Waals surface area contributed by atoms with Crippen LogP contribution in [0.4, 0.5) is 0 Å². The summed E-state index contributed by atoms with van der Waals surface area (Å²) in [5.74, 6) is -0.203. The van der Waals surface area contributed by atoms with Gasteiger partial charge in [0.2, 0.25) is 5.91 Å². The van der Waals surface area contributed by atoms with Gasteiger partial charge in [-0.2, -0.15) is 0 Å². The Morgan fingerprint density at radius 2 is 2.12 bits per heavy atom. The summed E-state index contributed by atoms with van der Waals surface area (Å²) in [6.07, 6.45) is 0.924. The quantitative estimate of drug-likeness (QED) is 0.663. The number of carbonyl (C=O) groups excluding carboxylic acids is 2. The molecule has 9 nitrogen and oxygen atoms in total. The first-order chi connectivity index (χ1) is 11.9. The van der Waals surface area contributed by atoms with E-state index in [-0.39, 0.29) is 35.5 Å². The van der Waals surface area contributed by atoms with E-state index in [1.807, 2.05) is 0 Å². The van der Waals surface area contributed by atoms with Crippen molar-refractivity contribution in [3.63, 3.8) is 0 Å². The van der Waals surface area contributed by atoms with Gasteiger partial charge >= 0.3 is 0 Å². The summed E-state index contributed by atoms with van der Waals surface area (Å²) in [4.78, 5) is 51.2. The smallest absolute Gasteiger partial charge is 0.290 e. The second kappa shape index (κ2) is 6.32. The van der Waals surface area contributed by atoms with Gasteiger partial charge in [0.15, 0.2) is 11.2 Å². The largest absolute Gasteiger partial charge is 0.483 e. The Labute approximate surface area is 143 Å². The van der Waals surface area contributed by atoms with E-state index in [1.54, 1.807) is 16.7 Å². The van der Waals surface area contributed by atoms with Gasteiger partial charge in [-0.1, -0.05) is 0 Å². The van der Waals surface area contributed by atoms with E-state index >= 15 is 0 Å². The predicted molar refractivity (Wildman–Crippen MR) is 84.9 cm³/mol. The Bertz CT molecular complexity index is 775. The van der Waals surface area contributed by atoms with Gasteiger partial charge in [0, 0.05) is 37.3 Å². The third kappa shape index (κ3) is 2.70. The molecule has 4 rings (SSSR count). The molecule has 3 saturated heterocycles. The highest BCUT2D eigenvalue weighted by Gasteiger charge is 2.62. The summed E-state index contributed by atoms with van der Waals surface area (Å²) in [5.41, 5.74) is 0.0725. The number of nitrogens with one attached hydrogen (secondary N) is 1. The van der Waals surface area contributed by atoms with Crippen LogP contribution in [-0.2, 0) is 14.3 Å². The van der Waals surface area contributed by atoms with Crippen molar-refractivity contribution in [2.24, 2.45) is 0 Å². The molecule has 0 unspecified atom stereocenters. The maximum Gasteiger partial charge on any atom is 0.290 e. The number of hydrogen-bond donors (Lipinski definition) is 2. The van der Waals surface area contributed by atoms with Gasteiger partial charge in [-0.05, 0) is 6.92 Å². The molecule has 3 aliphatic rings. The Morgan fingerprint density at radius 1 is 1.40 bits per heavy atom. The molecule has 0 saturated carbocycles. The van der Waals surface area contributed by atoms with Gasteiger partial charge in [-0.3, -0.25) is 19.2 Å². The maximum atomic E-state index is 12.8. The second-order valence-corrected chi connectivity index (χ2v) is 6.23. The van der Waals surface area contributed by atoms with Crippen molar-refractivity contribution < 1.29 is 24.2 Å². The van der Waals surface area contributed by atoms with E-state index in [0.29, 0.717) is 38.2 Å². The van der Waals surface area contributed by atoms with Crippen molar-refractivity contribution in [2.75, 3.05) is 19.7 Å². The summed E-state index contributed by atoms with van der Waals surface area (Å²) < 4.78 is 5.86. The van der Waals surface area contributed by atoms with Gasteiger partial charge < -0.3 is 24.6 Å². The van der Waals surface area contributed by atoms with Gasteiger partial charge in [0.1, 0.15) is 5.69 Å². The first-order valence-electron chi connectivity index (χ1n) is 7.97. The molecule has 0 radical (unpaired) electrons. The number of likely N-dealkylation sites (tertiary alicyclic amines) is 1. The molecule has 134 valence electrons. The number of aromatic amines is 1. The van der Waals surface area contributed by atoms with Gasteiger partial charge in [-0.15, -0.1) is 0 Å². The molecule has 2 amide bonds. The first-order valence-corrected chi connectivity index (χ1v) is 7.97. The van der Waals surface area contributed by atoms with Crippen LogP contribution in [0.1, 0.15) is 29.0 Å². The van der Waals surface area contributed by atoms with E-state index in [9.17, 15) is 14.4 Å². The summed E-state index contributed by atoms with van der Waals surface area (Å²) >= 11 is 0. The number of aryl methyl sites for hydroxylation is 1. The maximum absolute atomic E-state index is 12.8. The van der Waals surface area contributed by atoms with Crippen molar-refractivity contribution in [1.82, 2.24) is 14.8 Å². The van der Waals surface area contributed by atoms with Crippen LogP contribution in [-0.4, -0.2) is 69.6 Å². The molecular formula is C16H19N3O6. The topological polar surface area (TPSA) is 120 Å². The number of pyridine rings is 1. The zero-order chi connectivity index (χ0) is 18.2. The fraction of sp³-hybridized carbons (Fsp3) is 0.500. The minimum atomic E-state index is -0.642. The highest BCUT2D eigenvalue weighted by molar-refractivity contribution is 5.94. The van der Waals surface area contributed by atoms with Crippen LogP contribution in [0.5, 0.6) is 0 Å². The second-order valence-electron chi connectivity index (χ2n) is 6.23.